The highest BCUT2D eigenvalue weighted by Gasteiger charge is 2.20. The van der Waals surface area contributed by atoms with Crippen LogP contribution in [-0.4, -0.2) is 76.8 Å². The van der Waals surface area contributed by atoms with Crippen LogP contribution in [0.5, 0.6) is 0 Å². The number of halogens is 6. The molecule has 21 heteroatoms. The average molecular weight is 1250 g/mol. The van der Waals surface area contributed by atoms with E-state index in [0.29, 0.717) is 31.6 Å². The van der Waals surface area contributed by atoms with E-state index < -0.39 is 0 Å². The second kappa shape index (κ2) is 37.5. The molecule has 5 aliphatic rings. The minimum Gasteiger partial charge on any atom is -0.379 e. The van der Waals surface area contributed by atoms with Gasteiger partial charge in [-0.15, -0.1) is 34.0 Å². The number of hydrogen-bond acceptors (Lipinski definition) is 13. The first kappa shape index (κ1) is 65.8. The molecule has 2 aromatic carbocycles. The molecule has 2 heterocycles. The summed E-state index contributed by atoms with van der Waals surface area (Å²) in [6.45, 7) is 6.51. The van der Waals surface area contributed by atoms with E-state index >= 15 is 0 Å². The molecular formula is C49H81Br2Cl4N11S4. The first-order chi connectivity index (χ1) is 32.4. The number of nitrogens with two attached hydrogens (primary N) is 3. The van der Waals surface area contributed by atoms with Crippen LogP contribution >= 0.6 is 127 Å². The summed E-state index contributed by atoms with van der Waals surface area (Å²) in [5.74, 6) is 5.52. The molecule has 0 bridgehead atoms. The predicted molar refractivity (Wildman–Crippen MR) is 326 cm³/mol. The van der Waals surface area contributed by atoms with Crippen molar-refractivity contribution in [2.45, 2.75) is 146 Å². The summed E-state index contributed by atoms with van der Waals surface area (Å²) in [6.07, 6.45) is 25.3. The Morgan fingerprint density at radius 2 is 0.857 bits per heavy atom. The van der Waals surface area contributed by atoms with Crippen molar-refractivity contribution in [2.24, 2.45) is 44.9 Å². The van der Waals surface area contributed by atoms with Crippen molar-refractivity contribution in [1.29, 1.82) is 10.8 Å². The van der Waals surface area contributed by atoms with Crippen LogP contribution in [0.4, 0.5) is 0 Å². The van der Waals surface area contributed by atoms with Crippen molar-refractivity contribution in [3.63, 3.8) is 0 Å². The van der Waals surface area contributed by atoms with E-state index in [0.717, 1.165) is 97.0 Å². The van der Waals surface area contributed by atoms with Gasteiger partial charge < -0.3 is 27.8 Å². The van der Waals surface area contributed by atoms with Crippen molar-refractivity contribution in [3.05, 3.63) is 66.6 Å². The largest absolute Gasteiger partial charge is 0.379 e. The van der Waals surface area contributed by atoms with Gasteiger partial charge in [0, 0.05) is 36.1 Å². The Bertz CT molecular complexity index is 1780. The van der Waals surface area contributed by atoms with Gasteiger partial charge in [-0.3, -0.25) is 20.6 Å². The van der Waals surface area contributed by atoms with Crippen LogP contribution in [0.3, 0.4) is 0 Å². The fourth-order valence-corrected chi connectivity index (χ4v) is 12.8. The smallest absolute Gasteiger partial charge is 0.159 e. The maximum atomic E-state index is 7.20. The maximum absolute atomic E-state index is 7.20. The summed E-state index contributed by atoms with van der Waals surface area (Å²) in [4.78, 5) is 14.5. The normalized spacial score (nSPS) is 18.1. The quantitative estimate of drug-likeness (QED) is 0.0628. The minimum atomic E-state index is 0. The van der Waals surface area contributed by atoms with E-state index in [-0.39, 0.29) is 51.7 Å². The van der Waals surface area contributed by atoms with Gasteiger partial charge in [0.05, 0.1) is 46.8 Å². The molecule has 3 saturated carbocycles. The van der Waals surface area contributed by atoms with Crippen molar-refractivity contribution >= 4 is 148 Å². The fourth-order valence-electron chi connectivity index (χ4n) is 9.18. The number of thioether (sulfide) groups is 4. The molecule has 3 fully saturated rings. The van der Waals surface area contributed by atoms with E-state index in [1.807, 2.05) is 12.1 Å². The average Bonchev–Trinajstić information content (AvgIpc) is 3.34. The molecule has 0 aromatic heterocycles. The second-order valence-corrected chi connectivity index (χ2v) is 23.9. The molecule has 7 rings (SSSR count). The molecule has 398 valence electrons. The third kappa shape index (κ3) is 25.5. The summed E-state index contributed by atoms with van der Waals surface area (Å²) in [5, 5.41) is 25.8. The molecule has 0 atom stereocenters. The molecule has 70 heavy (non-hydrogen) atoms. The predicted octanol–water partition coefficient (Wildman–Crippen LogP) is 14.7. The zero-order valence-electron chi connectivity index (χ0n) is 40.0. The lowest BCUT2D eigenvalue weighted by Gasteiger charge is -2.29. The molecule has 0 unspecified atom stereocenters. The van der Waals surface area contributed by atoms with Crippen LogP contribution in [0.25, 0.3) is 0 Å². The van der Waals surface area contributed by atoms with Crippen molar-refractivity contribution in [1.82, 2.24) is 20.4 Å². The Morgan fingerprint density at radius 1 is 0.543 bits per heavy atom. The number of hydrogen-bond donors (Lipinski definition) is 7. The Kier molecular flexibility index (Phi) is 35.2. The first-order valence-corrected chi connectivity index (χ1v) is 29.7. The number of aliphatic imine (C=N–C) groups is 2. The van der Waals surface area contributed by atoms with E-state index in [4.69, 9.17) is 84.4 Å². The van der Waals surface area contributed by atoms with Gasteiger partial charge in [-0.25, -0.2) is 9.98 Å². The molecule has 3 aliphatic carbocycles. The van der Waals surface area contributed by atoms with Gasteiger partial charge >= 0.3 is 0 Å². The topological polar surface area (TPSA) is 181 Å². The van der Waals surface area contributed by atoms with Crippen molar-refractivity contribution in [2.75, 3.05) is 46.3 Å². The van der Waals surface area contributed by atoms with Crippen LogP contribution in [0.15, 0.2) is 34.3 Å². The molecule has 11 nitrogen and oxygen atoms in total. The van der Waals surface area contributed by atoms with Crippen LogP contribution in [0.1, 0.15) is 145 Å². The number of nitrogens with zero attached hydrogens (tertiary/aromatic N) is 4. The molecule has 0 amide bonds. The molecular weight excluding hydrogens is 1170 g/mol. The third-order valence-corrected chi connectivity index (χ3v) is 18.2. The molecule has 0 radical (unpaired) electrons. The van der Waals surface area contributed by atoms with Gasteiger partial charge in [0.2, 0.25) is 0 Å². The monoisotopic (exact) mass is 1250 g/mol. The Morgan fingerprint density at radius 3 is 1.14 bits per heavy atom. The fraction of sp³-hybridized carbons (Fsp3) is 0.673. The maximum Gasteiger partial charge on any atom is 0.159 e. The lowest BCUT2D eigenvalue weighted by atomic mass is 9.87. The van der Waals surface area contributed by atoms with Gasteiger partial charge in [0.1, 0.15) is 0 Å². The van der Waals surface area contributed by atoms with Gasteiger partial charge in [-0.1, -0.05) is 197 Å². The molecule has 2 aromatic rings. The molecule has 2 aliphatic heterocycles. The third-order valence-electron chi connectivity index (χ3n) is 13.2. The standard InChI is InChI=1S/C30H46Cl2N6S2.C10H12Cl2N4S2.C8H17N.CH4.2BrH/c31-27-15-25(17-39-29-33-19-37(20-34-29)13-11-23-7-3-1-4-8-23)26(16-28(27)32)18-40-30-35-21-38(22-36-30)14-12-24-9-5-2-6-10-24;11-7-1-5(3-17-9(13)14)6(2-8(7)12)4-18-10(15)16;9-7-6-8-4-2-1-3-5-8;;;/h15-16,23-24H,1-14,17-22H2,(H,33,34)(H,35,36);1-2H,3-4H2,(H3,13,14)(H3,15,16);8H,1-7,9H2;1H4;2*1H. The van der Waals surface area contributed by atoms with E-state index in [9.17, 15) is 0 Å². The van der Waals surface area contributed by atoms with Crippen molar-refractivity contribution < 1.29 is 0 Å². The molecule has 0 saturated heterocycles. The second-order valence-electron chi connectivity index (χ2n) is 18.3. The zero-order chi connectivity index (χ0) is 47.8. The Labute approximate surface area is 479 Å². The summed E-state index contributed by atoms with van der Waals surface area (Å²) < 4.78 is 0. The number of amidine groups is 4. The van der Waals surface area contributed by atoms with Crippen LogP contribution < -0.4 is 27.8 Å². The SMILES string of the molecule is Br.Br.C.Clc1cc(CSC2=NCN(CCC3CCCCC3)CN2)c(CSC2=NCN(CCC3CCCCC3)CN2)cc1Cl.N=C(N)SCc1cc(Cl)c(Cl)cc1CSC(=N)N.NCCC1CCCCC1. The summed E-state index contributed by atoms with van der Waals surface area (Å²) >= 11 is 30.7. The highest BCUT2D eigenvalue weighted by atomic mass is 79.9. The lowest BCUT2D eigenvalue weighted by molar-refractivity contribution is 0.226. The minimum absolute atomic E-state index is 0. The van der Waals surface area contributed by atoms with Gasteiger partial charge in [0.25, 0.3) is 0 Å². The molecule has 10 N–H and O–H groups in total. The summed E-state index contributed by atoms with van der Waals surface area (Å²) in [7, 11) is 0. The highest BCUT2D eigenvalue weighted by Crippen LogP contribution is 2.33. The Hall–Kier alpha value is -0.280. The zero-order valence-corrected chi connectivity index (χ0v) is 49.7. The van der Waals surface area contributed by atoms with Crippen LogP contribution in [-0.2, 0) is 23.0 Å². The first-order valence-electron chi connectivity index (χ1n) is 24.3. The van der Waals surface area contributed by atoms with Gasteiger partial charge in [-0.2, -0.15) is 0 Å². The van der Waals surface area contributed by atoms with Crippen LogP contribution in [0, 0.1) is 28.6 Å². The number of benzene rings is 2. The van der Waals surface area contributed by atoms with Gasteiger partial charge in [-0.05, 0) is 90.1 Å². The lowest BCUT2D eigenvalue weighted by Crippen LogP contribution is -2.42. The van der Waals surface area contributed by atoms with E-state index in [1.165, 1.54) is 150 Å². The highest BCUT2D eigenvalue weighted by molar-refractivity contribution is 8.93. The number of nitrogens with one attached hydrogen (secondary N) is 4. The van der Waals surface area contributed by atoms with E-state index in [1.54, 1.807) is 35.7 Å². The summed E-state index contributed by atoms with van der Waals surface area (Å²) in [5.41, 5.74) is 20.4. The summed E-state index contributed by atoms with van der Waals surface area (Å²) in [6, 6.07) is 7.57. The van der Waals surface area contributed by atoms with E-state index in [2.05, 4.69) is 20.4 Å². The Balaban J connectivity index is 0.000000464. The molecule has 0 spiro atoms. The van der Waals surface area contributed by atoms with Gasteiger partial charge in [0.15, 0.2) is 20.7 Å². The number of rotatable bonds is 16. The van der Waals surface area contributed by atoms with Crippen LogP contribution in [0.2, 0.25) is 20.1 Å². The van der Waals surface area contributed by atoms with Crippen molar-refractivity contribution in [3.8, 4) is 0 Å².